The maximum atomic E-state index is 13.9. The van der Waals surface area contributed by atoms with Gasteiger partial charge in [0.25, 0.3) is 0 Å². The number of nitrogens with zero attached hydrogens (tertiary/aromatic N) is 1. The van der Waals surface area contributed by atoms with Gasteiger partial charge in [-0.1, -0.05) is 18.2 Å². The number of hydrogen-bond acceptors (Lipinski definition) is 3. The summed E-state index contributed by atoms with van der Waals surface area (Å²) >= 11 is 1.71. The maximum absolute atomic E-state index is 13.9. The zero-order valence-corrected chi connectivity index (χ0v) is 13.5. The number of carbonyl (C=O) groups is 1. The summed E-state index contributed by atoms with van der Waals surface area (Å²) in [5.41, 5.74) is 0.734. The molecule has 1 amide bonds. The van der Waals surface area contributed by atoms with Crippen molar-refractivity contribution in [2.45, 2.75) is 11.7 Å². The fourth-order valence-electron chi connectivity index (χ4n) is 2.62. The monoisotopic (exact) mass is 331 g/mol. The van der Waals surface area contributed by atoms with Crippen LogP contribution in [0.25, 0.3) is 6.08 Å². The number of benzene rings is 1. The van der Waals surface area contributed by atoms with Gasteiger partial charge in [-0.05, 0) is 30.7 Å². The summed E-state index contributed by atoms with van der Waals surface area (Å²) in [5, 5.41) is 0.100. The molecule has 1 atom stereocenters. The number of rotatable bonds is 3. The van der Waals surface area contributed by atoms with Gasteiger partial charge in [-0.2, -0.15) is 11.8 Å². The van der Waals surface area contributed by atoms with Gasteiger partial charge >= 0.3 is 0 Å². The topological polar surface area (TPSA) is 33.5 Å². The standard InChI is InChI=1S/C18H18FNO2S/c19-16-6-2-1-5-15(16)17-9-10-20(11-13-23-17)18(21)8-7-14-4-3-12-22-14/h1-8,12,17H,9-11,13H2/b8-7+/t17-/m0/s1. The van der Waals surface area contributed by atoms with Crippen molar-refractivity contribution < 1.29 is 13.6 Å². The van der Waals surface area contributed by atoms with E-state index in [0.29, 0.717) is 18.8 Å². The van der Waals surface area contributed by atoms with Crippen molar-refractivity contribution in [2.24, 2.45) is 0 Å². The van der Waals surface area contributed by atoms with Gasteiger partial charge in [0.15, 0.2) is 0 Å². The Morgan fingerprint density at radius 3 is 2.91 bits per heavy atom. The molecule has 1 aromatic heterocycles. The van der Waals surface area contributed by atoms with E-state index in [9.17, 15) is 9.18 Å². The van der Waals surface area contributed by atoms with Crippen LogP contribution in [0.15, 0.2) is 53.2 Å². The van der Waals surface area contributed by atoms with Crippen LogP contribution in [0.4, 0.5) is 4.39 Å². The first-order valence-corrected chi connectivity index (χ1v) is 8.65. The molecule has 0 unspecified atom stereocenters. The molecule has 0 saturated carbocycles. The lowest BCUT2D eigenvalue weighted by Gasteiger charge is -2.18. The Bertz CT molecular complexity index is 684. The third-order valence-electron chi connectivity index (χ3n) is 3.84. The van der Waals surface area contributed by atoms with E-state index in [1.165, 1.54) is 12.1 Å². The minimum absolute atomic E-state index is 0.0313. The Balaban J connectivity index is 1.62. The van der Waals surface area contributed by atoms with Crippen molar-refractivity contribution in [1.29, 1.82) is 0 Å². The predicted octanol–water partition coefficient (Wildman–Crippen LogP) is 4.14. The summed E-state index contributed by atoms with van der Waals surface area (Å²) < 4.78 is 19.1. The van der Waals surface area contributed by atoms with Gasteiger partial charge in [0, 0.05) is 35.7 Å². The minimum atomic E-state index is -0.164. The first-order valence-electron chi connectivity index (χ1n) is 7.60. The van der Waals surface area contributed by atoms with Gasteiger partial charge in [0.1, 0.15) is 11.6 Å². The average molecular weight is 331 g/mol. The van der Waals surface area contributed by atoms with Crippen molar-refractivity contribution >= 4 is 23.7 Å². The van der Waals surface area contributed by atoms with Crippen LogP contribution in [-0.4, -0.2) is 29.6 Å². The van der Waals surface area contributed by atoms with E-state index < -0.39 is 0 Å². The smallest absolute Gasteiger partial charge is 0.246 e. The second kappa shape index (κ2) is 7.51. The van der Waals surface area contributed by atoms with E-state index >= 15 is 0 Å². The number of furan rings is 1. The molecule has 1 aliphatic rings. The quantitative estimate of drug-likeness (QED) is 0.793. The fourth-order valence-corrected chi connectivity index (χ4v) is 3.87. The van der Waals surface area contributed by atoms with Crippen molar-refractivity contribution in [3.63, 3.8) is 0 Å². The number of amides is 1. The predicted molar refractivity (Wildman–Crippen MR) is 90.5 cm³/mol. The highest BCUT2D eigenvalue weighted by molar-refractivity contribution is 7.99. The van der Waals surface area contributed by atoms with Crippen LogP contribution in [0.3, 0.4) is 0 Å². The summed E-state index contributed by atoms with van der Waals surface area (Å²) in [6.07, 6.45) is 5.54. The third-order valence-corrected chi connectivity index (χ3v) is 5.15. The number of carbonyl (C=O) groups excluding carboxylic acids is 1. The first-order chi connectivity index (χ1) is 11.2. The van der Waals surface area contributed by atoms with Crippen LogP contribution in [0.2, 0.25) is 0 Å². The number of halogens is 1. The van der Waals surface area contributed by atoms with Gasteiger partial charge in [-0.15, -0.1) is 0 Å². The van der Waals surface area contributed by atoms with Crippen LogP contribution in [0.1, 0.15) is 23.0 Å². The Morgan fingerprint density at radius 1 is 1.26 bits per heavy atom. The Morgan fingerprint density at radius 2 is 2.13 bits per heavy atom. The summed E-state index contributed by atoms with van der Waals surface area (Å²) in [4.78, 5) is 14.1. The zero-order valence-electron chi connectivity index (χ0n) is 12.7. The number of hydrogen-bond donors (Lipinski definition) is 0. The summed E-state index contributed by atoms with van der Waals surface area (Å²) in [6, 6.07) is 10.5. The second-order valence-corrected chi connectivity index (χ2v) is 6.65. The molecule has 2 heterocycles. The average Bonchev–Trinajstić information content (AvgIpc) is 2.96. The van der Waals surface area contributed by atoms with E-state index in [4.69, 9.17) is 4.42 Å². The summed E-state index contributed by atoms with van der Waals surface area (Å²) in [7, 11) is 0. The summed E-state index contributed by atoms with van der Waals surface area (Å²) in [6.45, 7) is 1.31. The van der Waals surface area contributed by atoms with Crippen molar-refractivity contribution in [3.8, 4) is 0 Å². The molecular weight excluding hydrogens is 313 g/mol. The molecule has 3 nitrogen and oxygen atoms in total. The molecule has 0 aliphatic carbocycles. The van der Waals surface area contributed by atoms with Crippen LogP contribution >= 0.6 is 11.8 Å². The molecule has 23 heavy (non-hydrogen) atoms. The Hall–Kier alpha value is -2.01. The largest absolute Gasteiger partial charge is 0.465 e. The molecule has 1 aromatic carbocycles. The van der Waals surface area contributed by atoms with E-state index in [0.717, 1.165) is 17.7 Å². The molecule has 3 rings (SSSR count). The second-order valence-electron chi connectivity index (χ2n) is 5.34. The molecular formula is C18H18FNO2S. The first kappa shape index (κ1) is 15.9. The lowest BCUT2D eigenvalue weighted by atomic mass is 10.1. The molecule has 2 aromatic rings. The summed E-state index contributed by atoms with van der Waals surface area (Å²) in [5.74, 6) is 1.27. The molecule has 0 spiro atoms. The van der Waals surface area contributed by atoms with Gasteiger partial charge < -0.3 is 9.32 Å². The highest BCUT2D eigenvalue weighted by atomic mass is 32.2. The van der Waals surface area contributed by atoms with Crippen molar-refractivity contribution in [2.75, 3.05) is 18.8 Å². The Labute approximate surface area is 139 Å². The van der Waals surface area contributed by atoms with E-state index in [1.807, 2.05) is 17.0 Å². The van der Waals surface area contributed by atoms with Crippen LogP contribution in [0.5, 0.6) is 0 Å². The molecule has 0 bridgehead atoms. The molecule has 0 radical (unpaired) electrons. The maximum Gasteiger partial charge on any atom is 0.246 e. The zero-order chi connectivity index (χ0) is 16.1. The van der Waals surface area contributed by atoms with Gasteiger partial charge in [-0.25, -0.2) is 4.39 Å². The molecule has 1 aliphatic heterocycles. The molecule has 120 valence electrons. The molecule has 0 N–H and O–H groups in total. The normalized spacial score (nSPS) is 19.0. The SMILES string of the molecule is O=C(/C=C/c1ccco1)N1CCS[C@H](c2ccccc2F)CC1. The van der Waals surface area contributed by atoms with E-state index in [1.54, 1.807) is 42.3 Å². The van der Waals surface area contributed by atoms with E-state index in [2.05, 4.69) is 0 Å². The highest BCUT2D eigenvalue weighted by Gasteiger charge is 2.22. The minimum Gasteiger partial charge on any atom is -0.465 e. The highest BCUT2D eigenvalue weighted by Crippen LogP contribution is 2.35. The van der Waals surface area contributed by atoms with Crippen LogP contribution in [0, 0.1) is 5.82 Å². The molecule has 5 heteroatoms. The Kier molecular flexibility index (Phi) is 5.18. The van der Waals surface area contributed by atoms with Crippen LogP contribution < -0.4 is 0 Å². The lowest BCUT2D eigenvalue weighted by Crippen LogP contribution is -2.31. The van der Waals surface area contributed by atoms with Crippen molar-refractivity contribution in [3.05, 3.63) is 65.9 Å². The lowest BCUT2D eigenvalue weighted by molar-refractivity contribution is -0.125. The molecule has 1 fully saturated rings. The van der Waals surface area contributed by atoms with Crippen molar-refractivity contribution in [1.82, 2.24) is 4.90 Å². The third kappa shape index (κ3) is 4.05. The van der Waals surface area contributed by atoms with Gasteiger partial charge in [0.05, 0.1) is 6.26 Å². The van der Waals surface area contributed by atoms with Gasteiger partial charge in [-0.3, -0.25) is 4.79 Å². The molecule has 1 saturated heterocycles. The van der Waals surface area contributed by atoms with Gasteiger partial charge in [0.2, 0.25) is 5.91 Å². The fraction of sp³-hybridized carbons (Fsp3) is 0.278. The number of thioether (sulfide) groups is 1. The van der Waals surface area contributed by atoms with E-state index in [-0.39, 0.29) is 17.0 Å². The van der Waals surface area contributed by atoms with Crippen LogP contribution in [-0.2, 0) is 4.79 Å².